The summed E-state index contributed by atoms with van der Waals surface area (Å²) in [5.41, 5.74) is 0. The average Bonchev–Trinajstić information content (AvgIpc) is 3.35. The first-order valence-corrected chi connectivity index (χ1v) is 31.9. The van der Waals surface area contributed by atoms with E-state index in [4.69, 9.17) is 14.2 Å². The standard InChI is InChI=1S/C64H124O6/c1-5-7-9-11-13-15-17-19-21-23-25-27-32-36-40-44-48-52-56-63(66)69-59-61(70-64(67)57-53-49-45-41-37-33-29-28-30-34-38-42-46-50-54-60(3)4)58-68-62(65)55-51-47-43-39-35-31-26-24-22-20-18-16-14-12-10-8-6-2/h60-61H,5-59H2,1-4H3/t61-/m0/s1. The van der Waals surface area contributed by atoms with Gasteiger partial charge in [-0.15, -0.1) is 0 Å². The van der Waals surface area contributed by atoms with Crippen LogP contribution in [0.1, 0.15) is 368 Å². The van der Waals surface area contributed by atoms with E-state index >= 15 is 0 Å². The fraction of sp³-hybridized carbons (Fsp3) is 0.953. The van der Waals surface area contributed by atoms with E-state index in [9.17, 15) is 14.4 Å². The summed E-state index contributed by atoms with van der Waals surface area (Å²) in [5, 5.41) is 0. The van der Waals surface area contributed by atoms with Gasteiger partial charge in [0.25, 0.3) is 0 Å². The molecule has 0 aliphatic carbocycles. The summed E-state index contributed by atoms with van der Waals surface area (Å²) in [6.07, 6.45) is 65.3. The Bertz CT molecular complexity index is 1060. The monoisotopic (exact) mass is 989 g/mol. The van der Waals surface area contributed by atoms with Gasteiger partial charge in [0, 0.05) is 19.3 Å². The van der Waals surface area contributed by atoms with Crippen molar-refractivity contribution in [1.29, 1.82) is 0 Å². The first-order valence-electron chi connectivity index (χ1n) is 31.9. The number of hydrogen-bond donors (Lipinski definition) is 0. The summed E-state index contributed by atoms with van der Waals surface area (Å²) in [6, 6.07) is 0. The summed E-state index contributed by atoms with van der Waals surface area (Å²) < 4.78 is 17.0. The molecule has 0 bridgehead atoms. The molecular formula is C64H124O6. The first-order chi connectivity index (χ1) is 34.4. The van der Waals surface area contributed by atoms with Gasteiger partial charge in [-0.05, 0) is 25.2 Å². The van der Waals surface area contributed by atoms with E-state index < -0.39 is 6.10 Å². The van der Waals surface area contributed by atoms with Crippen molar-refractivity contribution in [2.75, 3.05) is 13.2 Å². The van der Waals surface area contributed by atoms with Gasteiger partial charge in [-0.1, -0.05) is 329 Å². The molecule has 0 spiro atoms. The Morgan fingerprint density at radius 1 is 0.271 bits per heavy atom. The SMILES string of the molecule is CCCCCCCCCCCCCCCCCCCCC(=O)OC[C@H](COC(=O)CCCCCCCCCCCCCCCCCCC)OC(=O)CCCCCCCCCCCCCCCCC(C)C. The van der Waals surface area contributed by atoms with Crippen molar-refractivity contribution in [2.24, 2.45) is 5.92 Å². The second kappa shape index (κ2) is 58.3. The number of esters is 3. The average molecular weight is 990 g/mol. The molecule has 0 aliphatic rings. The van der Waals surface area contributed by atoms with Crippen molar-refractivity contribution in [2.45, 2.75) is 374 Å². The Labute approximate surface area is 438 Å². The zero-order chi connectivity index (χ0) is 50.9. The highest BCUT2D eigenvalue weighted by Crippen LogP contribution is 2.19. The van der Waals surface area contributed by atoms with Crippen LogP contribution in [0.4, 0.5) is 0 Å². The van der Waals surface area contributed by atoms with Crippen LogP contribution in [-0.2, 0) is 28.6 Å². The van der Waals surface area contributed by atoms with Crippen molar-refractivity contribution < 1.29 is 28.6 Å². The third-order valence-electron chi connectivity index (χ3n) is 14.8. The number of hydrogen-bond acceptors (Lipinski definition) is 6. The lowest BCUT2D eigenvalue weighted by molar-refractivity contribution is -0.167. The minimum absolute atomic E-state index is 0.0612. The third-order valence-corrected chi connectivity index (χ3v) is 14.8. The molecule has 70 heavy (non-hydrogen) atoms. The summed E-state index contributed by atoms with van der Waals surface area (Å²) in [6.45, 7) is 9.09. The molecule has 0 rings (SSSR count). The summed E-state index contributed by atoms with van der Waals surface area (Å²) in [5.74, 6) is 0.0160. The molecule has 0 aromatic heterocycles. The Kier molecular flexibility index (Phi) is 57.0. The molecule has 0 aliphatic heterocycles. The van der Waals surface area contributed by atoms with Crippen LogP contribution < -0.4 is 0 Å². The van der Waals surface area contributed by atoms with Crippen LogP contribution in [0.2, 0.25) is 0 Å². The lowest BCUT2D eigenvalue weighted by Gasteiger charge is -2.18. The van der Waals surface area contributed by atoms with Crippen molar-refractivity contribution in [3.63, 3.8) is 0 Å². The lowest BCUT2D eigenvalue weighted by Crippen LogP contribution is -2.30. The number of carbonyl (C=O) groups excluding carboxylic acids is 3. The molecule has 0 unspecified atom stereocenters. The highest BCUT2D eigenvalue weighted by Gasteiger charge is 2.19. The van der Waals surface area contributed by atoms with Crippen LogP contribution in [0.5, 0.6) is 0 Å². The Morgan fingerprint density at radius 3 is 0.700 bits per heavy atom. The van der Waals surface area contributed by atoms with E-state index in [0.29, 0.717) is 19.3 Å². The predicted octanol–water partition coefficient (Wildman–Crippen LogP) is 21.4. The van der Waals surface area contributed by atoms with Gasteiger partial charge < -0.3 is 14.2 Å². The first kappa shape index (κ1) is 68.4. The van der Waals surface area contributed by atoms with Gasteiger partial charge in [-0.3, -0.25) is 14.4 Å². The second-order valence-electron chi connectivity index (χ2n) is 22.5. The minimum atomic E-state index is -0.763. The number of carbonyl (C=O) groups is 3. The topological polar surface area (TPSA) is 78.9 Å². The van der Waals surface area contributed by atoms with Crippen LogP contribution in [0.3, 0.4) is 0 Å². The summed E-state index contributed by atoms with van der Waals surface area (Å²) in [4.78, 5) is 38.3. The number of rotatable bonds is 59. The molecule has 0 fully saturated rings. The lowest BCUT2D eigenvalue weighted by atomic mass is 10.0. The molecule has 0 heterocycles. The van der Waals surface area contributed by atoms with Gasteiger partial charge in [0.05, 0.1) is 0 Å². The van der Waals surface area contributed by atoms with Gasteiger partial charge in [0.2, 0.25) is 0 Å². The molecule has 416 valence electrons. The van der Waals surface area contributed by atoms with Crippen LogP contribution in [0.25, 0.3) is 0 Å². The molecule has 0 aromatic carbocycles. The van der Waals surface area contributed by atoms with E-state index in [2.05, 4.69) is 27.7 Å². The summed E-state index contributed by atoms with van der Waals surface area (Å²) >= 11 is 0. The van der Waals surface area contributed by atoms with Gasteiger partial charge in [0.1, 0.15) is 13.2 Å². The highest BCUT2D eigenvalue weighted by atomic mass is 16.6. The molecule has 0 N–H and O–H groups in total. The van der Waals surface area contributed by atoms with Crippen molar-refractivity contribution in [3.8, 4) is 0 Å². The Morgan fingerprint density at radius 2 is 0.471 bits per heavy atom. The van der Waals surface area contributed by atoms with Crippen LogP contribution in [0.15, 0.2) is 0 Å². The second-order valence-corrected chi connectivity index (χ2v) is 22.5. The molecule has 0 amide bonds. The maximum absolute atomic E-state index is 12.9. The van der Waals surface area contributed by atoms with Crippen molar-refractivity contribution in [3.05, 3.63) is 0 Å². The fourth-order valence-corrected chi connectivity index (χ4v) is 9.99. The number of unbranched alkanes of at least 4 members (excludes halogenated alkanes) is 46. The van der Waals surface area contributed by atoms with Crippen LogP contribution >= 0.6 is 0 Å². The molecule has 0 radical (unpaired) electrons. The molecule has 6 heteroatoms. The zero-order valence-corrected chi connectivity index (χ0v) is 48.0. The summed E-state index contributed by atoms with van der Waals surface area (Å²) in [7, 11) is 0. The third kappa shape index (κ3) is 57.3. The van der Waals surface area contributed by atoms with E-state index in [1.54, 1.807) is 0 Å². The Hall–Kier alpha value is -1.59. The van der Waals surface area contributed by atoms with Crippen molar-refractivity contribution >= 4 is 17.9 Å². The van der Waals surface area contributed by atoms with E-state index in [-0.39, 0.29) is 31.1 Å². The predicted molar refractivity (Wildman–Crippen MR) is 303 cm³/mol. The highest BCUT2D eigenvalue weighted by molar-refractivity contribution is 5.71. The fourth-order valence-electron chi connectivity index (χ4n) is 9.99. The number of ether oxygens (including phenoxy) is 3. The quantitative estimate of drug-likeness (QED) is 0.0343. The zero-order valence-electron chi connectivity index (χ0n) is 48.0. The molecule has 0 saturated heterocycles. The van der Waals surface area contributed by atoms with Crippen molar-refractivity contribution in [1.82, 2.24) is 0 Å². The van der Waals surface area contributed by atoms with Crippen LogP contribution in [-0.4, -0.2) is 37.2 Å². The maximum Gasteiger partial charge on any atom is 0.306 e. The van der Waals surface area contributed by atoms with Gasteiger partial charge in [-0.2, -0.15) is 0 Å². The smallest absolute Gasteiger partial charge is 0.306 e. The largest absolute Gasteiger partial charge is 0.462 e. The molecule has 6 nitrogen and oxygen atoms in total. The Balaban J connectivity index is 4.29. The van der Waals surface area contributed by atoms with Gasteiger partial charge in [0.15, 0.2) is 6.10 Å². The van der Waals surface area contributed by atoms with E-state index in [1.165, 1.54) is 263 Å². The van der Waals surface area contributed by atoms with Gasteiger partial charge in [-0.25, -0.2) is 0 Å². The van der Waals surface area contributed by atoms with Gasteiger partial charge >= 0.3 is 17.9 Å². The normalized spacial score (nSPS) is 12.0. The molecule has 0 aromatic rings. The maximum atomic E-state index is 12.9. The van der Waals surface area contributed by atoms with E-state index in [0.717, 1.165) is 63.7 Å². The molecule has 1 atom stereocenters. The minimum Gasteiger partial charge on any atom is -0.462 e. The molecular weight excluding hydrogens is 865 g/mol. The molecule has 0 saturated carbocycles. The van der Waals surface area contributed by atoms with Crippen LogP contribution in [0, 0.1) is 5.92 Å². The van der Waals surface area contributed by atoms with E-state index in [1.807, 2.05) is 0 Å².